The molecule has 8 nitrogen and oxygen atoms in total. The first-order chi connectivity index (χ1) is 15.2. The molecule has 2 aromatic heterocycles. The average molecular weight is 415 g/mol. The van der Waals surface area contributed by atoms with Crippen LogP contribution in [0.15, 0.2) is 59.5 Å². The zero-order chi connectivity index (χ0) is 21.4. The van der Waals surface area contributed by atoms with E-state index < -0.39 is 5.82 Å². The van der Waals surface area contributed by atoms with Crippen molar-refractivity contribution in [1.82, 2.24) is 19.7 Å². The number of rotatable bonds is 3. The standard InChI is InChI=1S/C22H18FN7O/c23-18-7-4-8-19(16(18)13-24)28-9-11-29(12-10-28)22-26-20-17(21(31)27-22)14-25-30(20)15-5-2-1-3-6-15/h1-8,14H,9-12H2,(H,26,27,31). The summed E-state index contributed by atoms with van der Waals surface area (Å²) in [6.07, 6.45) is 1.52. The first-order valence-corrected chi connectivity index (χ1v) is 9.87. The van der Waals surface area contributed by atoms with Crippen LogP contribution < -0.4 is 15.4 Å². The molecule has 0 aliphatic carbocycles. The van der Waals surface area contributed by atoms with Crippen LogP contribution in [-0.4, -0.2) is 45.9 Å². The number of nitriles is 1. The molecule has 0 unspecified atom stereocenters. The number of benzene rings is 2. The maximum Gasteiger partial charge on any atom is 0.263 e. The Bertz CT molecular complexity index is 1350. The molecule has 1 N–H and O–H groups in total. The zero-order valence-corrected chi connectivity index (χ0v) is 16.5. The van der Waals surface area contributed by atoms with Crippen LogP contribution in [0.25, 0.3) is 16.7 Å². The summed E-state index contributed by atoms with van der Waals surface area (Å²) >= 11 is 0. The Balaban J connectivity index is 1.44. The number of hydrogen-bond acceptors (Lipinski definition) is 6. The molecule has 5 rings (SSSR count). The fourth-order valence-corrected chi connectivity index (χ4v) is 3.86. The van der Waals surface area contributed by atoms with Gasteiger partial charge in [-0.3, -0.25) is 9.78 Å². The average Bonchev–Trinajstić information content (AvgIpc) is 3.24. The number of halogens is 1. The van der Waals surface area contributed by atoms with E-state index in [1.54, 1.807) is 16.8 Å². The van der Waals surface area contributed by atoms with Gasteiger partial charge in [0, 0.05) is 26.2 Å². The van der Waals surface area contributed by atoms with Crippen molar-refractivity contribution < 1.29 is 4.39 Å². The Morgan fingerprint density at radius 2 is 1.74 bits per heavy atom. The highest BCUT2D eigenvalue weighted by atomic mass is 19.1. The van der Waals surface area contributed by atoms with Gasteiger partial charge in [-0.15, -0.1) is 0 Å². The van der Waals surface area contributed by atoms with Crippen molar-refractivity contribution in [2.75, 3.05) is 36.0 Å². The number of H-pyrrole nitrogens is 1. The molecule has 1 aliphatic rings. The summed E-state index contributed by atoms with van der Waals surface area (Å²) in [5.41, 5.74) is 1.70. The molecule has 3 heterocycles. The van der Waals surface area contributed by atoms with Gasteiger partial charge in [0.2, 0.25) is 5.95 Å². The Labute approximate surface area is 176 Å². The summed E-state index contributed by atoms with van der Waals surface area (Å²) in [5.74, 6) is -0.0531. The molecule has 0 amide bonds. The molecule has 9 heteroatoms. The van der Waals surface area contributed by atoms with Gasteiger partial charge in [0.25, 0.3) is 5.56 Å². The molecule has 1 saturated heterocycles. The number of fused-ring (bicyclic) bond motifs is 1. The summed E-state index contributed by atoms with van der Waals surface area (Å²) in [6.45, 7) is 2.26. The van der Waals surface area contributed by atoms with Crippen molar-refractivity contribution in [2.24, 2.45) is 0 Å². The molecule has 0 spiro atoms. The zero-order valence-electron chi connectivity index (χ0n) is 16.5. The lowest BCUT2D eigenvalue weighted by molar-refractivity contribution is 0.614. The number of hydrogen-bond donors (Lipinski definition) is 1. The van der Waals surface area contributed by atoms with Crippen molar-refractivity contribution in [3.05, 3.63) is 76.5 Å². The highest BCUT2D eigenvalue weighted by Crippen LogP contribution is 2.25. The highest BCUT2D eigenvalue weighted by Gasteiger charge is 2.23. The van der Waals surface area contributed by atoms with Crippen LogP contribution >= 0.6 is 0 Å². The fraction of sp³-hybridized carbons (Fsp3) is 0.182. The van der Waals surface area contributed by atoms with Crippen molar-refractivity contribution in [3.63, 3.8) is 0 Å². The van der Waals surface area contributed by atoms with Crippen molar-refractivity contribution in [2.45, 2.75) is 0 Å². The lowest BCUT2D eigenvalue weighted by atomic mass is 10.1. The number of nitrogens with zero attached hydrogens (tertiary/aromatic N) is 6. The van der Waals surface area contributed by atoms with Crippen LogP contribution in [0.3, 0.4) is 0 Å². The van der Waals surface area contributed by atoms with Crippen LogP contribution in [0.4, 0.5) is 16.0 Å². The summed E-state index contributed by atoms with van der Waals surface area (Å²) in [4.78, 5) is 24.1. The molecule has 0 saturated carbocycles. The first kappa shape index (κ1) is 18.8. The van der Waals surface area contributed by atoms with Gasteiger partial charge >= 0.3 is 0 Å². The van der Waals surface area contributed by atoms with Gasteiger partial charge in [-0.2, -0.15) is 15.3 Å². The number of aromatic amines is 1. The smallest absolute Gasteiger partial charge is 0.263 e. The molecule has 1 aliphatic heterocycles. The van der Waals surface area contributed by atoms with Gasteiger partial charge in [0.15, 0.2) is 5.65 Å². The molecule has 2 aromatic carbocycles. The minimum Gasteiger partial charge on any atom is -0.367 e. The molecule has 154 valence electrons. The van der Waals surface area contributed by atoms with Crippen molar-refractivity contribution in [3.8, 4) is 11.8 Å². The normalized spacial score (nSPS) is 14.1. The molecule has 0 radical (unpaired) electrons. The summed E-state index contributed by atoms with van der Waals surface area (Å²) in [5, 5.41) is 14.1. The summed E-state index contributed by atoms with van der Waals surface area (Å²) in [6, 6.07) is 16.1. The first-order valence-electron chi connectivity index (χ1n) is 9.87. The van der Waals surface area contributed by atoms with E-state index in [2.05, 4.69) is 15.1 Å². The third-order valence-corrected chi connectivity index (χ3v) is 5.45. The topological polar surface area (TPSA) is 93.8 Å². The Morgan fingerprint density at radius 1 is 1.00 bits per heavy atom. The molecular weight excluding hydrogens is 397 g/mol. The number of piperazine rings is 1. The van der Waals surface area contributed by atoms with E-state index in [-0.39, 0.29) is 11.1 Å². The van der Waals surface area contributed by atoms with E-state index in [4.69, 9.17) is 0 Å². The van der Waals surface area contributed by atoms with Crippen LogP contribution in [0.1, 0.15) is 5.56 Å². The van der Waals surface area contributed by atoms with E-state index >= 15 is 0 Å². The lowest BCUT2D eigenvalue weighted by Gasteiger charge is -2.36. The SMILES string of the molecule is N#Cc1c(F)cccc1N1CCN(c2nc3c(cnn3-c3ccccc3)c(=O)[nH]2)CC1. The number of para-hydroxylation sites is 1. The van der Waals surface area contributed by atoms with E-state index in [0.29, 0.717) is 48.8 Å². The Kier molecular flexibility index (Phi) is 4.59. The second-order valence-electron chi connectivity index (χ2n) is 7.24. The van der Waals surface area contributed by atoms with Crippen LogP contribution in [-0.2, 0) is 0 Å². The van der Waals surface area contributed by atoms with E-state index in [1.165, 1.54) is 12.3 Å². The lowest BCUT2D eigenvalue weighted by Crippen LogP contribution is -2.47. The van der Waals surface area contributed by atoms with Gasteiger partial charge in [-0.05, 0) is 24.3 Å². The molecule has 0 atom stereocenters. The van der Waals surface area contributed by atoms with Gasteiger partial charge < -0.3 is 9.80 Å². The monoisotopic (exact) mass is 415 g/mol. The Hall–Kier alpha value is -4.19. The third kappa shape index (κ3) is 3.28. The molecule has 31 heavy (non-hydrogen) atoms. The van der Waals surface area contributed by atoms with Crippen molar-refractivity contribution >= 4 is 22.7 Å². The quantitative estimate of drug-likeness (QED) is 0.552. The van der Waals surface area contributed by atoms with E-state index in [0.717, 1.165) is 5.69 Å². The molecular formula is C22H18FN7O. The predicted molar refractivity (Wildman–Crippen MR) is 115 cm³/mol. The Morgan fingerprint density at radius 3 is 2.48 bits per heavy atom. The molecule has 0 bridgehead atoms. The predicted octanol–water partition coefficient (Wildman–Crippen LogP) is 2.45. The largest absolute Gasteiger partial charge is 0.367 e. The van der Waals surface area contributed by atoms with Crippen LogP contribution in [0.2, 0.25) is 0 Å². The number of aromatic nitrogens is 4. The summed E-state index contributed by atoms with van der Waals surface area (Å²) < 4.78 is 15.6. The fourth-order valence-electron chi connectivity index (χ4n) is 3.86. The van der Waals surface area contributed by atoms with Crippen molar-refractivity contribution in [1.29, 1.82) is 5.26 Å². The molecule has 4 aromatic rings. The van der Waals surface area contributed by atoms with Gasteiger partial charge in [0.05, 0.1) is 17.6 Å². The van der Waals surface area contributed by atoms with Crippen LogP contribution in [0.5, 0.6) is 0 Å². The third-order valence-electron chi connectivity index (χ3n) is 5.45. The second kappa shape index (κ2) is 7.57. The maximum atomic E-state index is 14.0. The summed E-state index contributed by atoms with van der Waals surface area (Å²) in [7, 11) is 0. The van der Waals surface area contributed by atoms with Gasteiger partial charge in [-0.25, -0.2) is 9.07 Å². The minimum absolute atomic E-state index is 0.0515. The number of anilines is 2. The maximum absolute atomic E-state index is 14.0. The number of nitrogens with one attached hydrogen (secondary N) is 1. The van der Waals surface area contributed by atoms with Crippen LogP contribution in [0, 0.1) is 17.1 Å². The highest BCUT2D eigenvalue weighted by molar-refractivity contribution is 5.76. The van der Waals surface area contributed by atoms with E-state index in [1.807, 2.05) is 46.2 Å². The minimum atomic E-state index is -0.520. The second-order valence-corrected chi connectivity index (χ2v) is 7.24. The molecule has 1 fully saturated rings. The van der Waals surface area contributed by atoms with Gasteiger partial charge in [-0.1, -0.05) is 24.3 Å². The van der Waals surface area contributed by atoms with E-state index in [9.17, 15) is 14.4 Å². The van der Waals surface area contributed by atoms with Gasteiger partial charge in [0.1, 0.15) is 22.8 Å².